The van der Waals surface area contributed by atoms with E-state index < -0.39 is 0 Å². The quantitative estimate of drug-likeness (QED) is 0.729. The minimum atomic E-state index is -0.381. The van der Waals surface area contributed by atoms with Crippen LogP contribution in [0.15, 0.2) is 51.6 Å². The van der Waals surface area contributed by atoms with Crippen LogP contribution in [0.25, 0.3) is 11.4 Å². The first kappa shape index (κ1) is 17.0. The Bertz CT molecular complexity index is 839. The fourth-order valence-corrected chi connectivity index (χ4v) is 2.57. The van der Waals surface area contributed by atoms with Gasteiger partial charge >= 0.3 is 0 Å². The van der Waals surface area contributed by atoms with Crippen LogP contribution in [0.3, 0.4) is 0 Å². The molecule has 0 fully saturated rings. The van der Waals surface area contributed by atoms with Gasteiger partial charge in [0.15, 0.2) is 5.76 Å². The number of benzene rings is 1. The zero-order valence-electron chi connectivity index (χ0n) is 14.5. The van der Waals surface area contributed by atoms with E-state index in [2.05, 4.69) is 22.4 Å². The molecule has 6 nitrogen and oxygen atoms in total. The molecule has 0 aliphatic heterocycles. The minimum absolute atomic E-state index is 0.129. The van der Waals surface area contributed by atoms with Crippen molar-refractivity contribution >= 4 is 5.91 Å². The lowest BCUT2D eigenvalue weighted by Crippen LogP contribution is -2.32. The van der Waals surface area contributed by atoms with E-state index in [9.17, 15) is 4.79 Å². The summed E-state index contributed by atoms with van der Waals surface area (Å²) >= 11 is 0. The number of aryl methyl sites for hydroxylation is 1. The van der Waals surface area contributed by atoms with Gasteiger partial charge in [-0.3, -0.25) is 4.79 Å². The molecule has 6 heteroatoms. The Labute approximate surface area is 146 Å². The summed E-state index contributed by atoms with van der Waals surface area (Å²) in [4.78, 5) is 16.8. The predicted octanol–water partition coefficient (Wildman–Crippen LogP) is 4.16. The van der Waals surface area contributed by atoms with Crippen molar-refractivity contribution in [3.05, 3.63) is 59.9 Å². The molecule has 1 N–H and O–H groups in total. The van der Waals surface area contributed by atoms with Crippen molar-refractivity contribution in [2.24, 2.45) is 5.92 Å². The number of carbonyl (C=O) groups excluding carboxylic acids is 1. The van der Waals surface area contributed by atoms with Crippen LogP contribution in [-0.4, -0.2) is 16.0 Å². The molecule has 0 radical (unpaired) electrons. The summed E-state index contributed by atoms with van der Waals surface area (Å²) in [7, 11) is 0. The molecule has 1 amide bonds. The van der Waals surface area contributed by atoms with Gasteiger partial charge in [-0.25, -0.2) is 0 Å². The number of nitrogens with zero attached hydrogens (tertiary/aromatic N) is 2. The lowest BCUT2D eigenvalue weighted by atomic mass is 9.99. The fraction of sp³-hybridized carbons (Fsp3) is 0.316. The van der Waals surface area contributed by atoms with Gasteiger partial charge in [-0.1, -0.05) is 49.2 Å². The topological polar surface area (TPSA) is 81.2 Å². The Morgan fingerprint density at radius 1 is 1.28 bits per heavy atom. The zero-order chi connectivity index (χ0) is 17.8. The molecule has 3 aromatic rings. The van der Waals surface area contributed by atoms with Gasteiger partial charge < -0.3 is 14.3 Å². The molecular formula is C19H21N3O3. The van der Waals surface area contributed by atoms with E-state index in [4.69, 9.17) is 8.94 Å². The van der Waals surface area contributed by atoms with Crippen molar-refractivity contribution < 1.29 is 13.7 Å². The summed E-state index contributed by atoms with van der Waals surface area (Å²) < 4.78 is 10.6. The third-order valence-electron chi connectivity index (χ3n) is 4.23. The number of furan rings is 1. The Kier molecular flexibility index (Phi) is 4.97. The Hall–Kier alpha value is -2.89. The highest BCUT2D eigenvalue weighted by Gasteiger charge is 2.27. The predicted molar refractivity (Wildman–Crippen MR) is 92.8 cm³/mol. The molecule has 130 valence electrons. The number of hydrogen-bond donors (Lipinski definition) is 1. The first-order chi connectivity index (χ1) is 12.1. The monoisotopic (exact) mass is 339 g/mol. The van der Waals surface area contributed by atoms with Gasteiger partial charge in [0.05, 0.1) is 6.26 Å². The number of carbonyl (C=O) groups is 1. The first-order valence-corrected chi connectivity index (χ1v) is 8.33. The van der Waals surface area contributed by atoms with E-state index in [1.807, 2.05) is 38.1 Å². The Morgan fingerprint density at radius 3 is 2.80 bits per heavy atom. The molecule has 0 saturated heterocycles. The molecule has 2 heterocycles. The van der Waals surface area contributed by atoms with E-state index in [1.54, 1.807) is 12.1 Å². The van der Waals surface area contributed by atoms with Crippen LogP contribution in [-0.2, 0) is 0 Å². The van der Waals surface area contributed by atoms with Gasteiger partial charge in [0.25, 0.3) is 5.91 Å². The lowest BCUT2D eigenvalue weighted by Gasteiger charge is -2.20. The maximum Gasteiger partial charge on any atom is 0.287 e. The van der Waals surface area contributed by atoms with Crippen LogP contribution in [0.4, 0.5) is 0 Å². The molecule has 0 aliphatic carbocycles. The Balaban J connectivity index is 1.85. The molecule has 1 aromatic carbocycles. The second-order valence-corrected chi connectivity index (χ2v) is 6.14. The maximum absolute atomic E-state index is 12.3. The van der Waals surface area contributed by atoms with Crippen molar-refractivity contribution in [2.75, 3.05) is 0 Å². The molecule has 0 saturated carbocycles. The van der Waals surface area contributed by atoms with E-state index in [-0.39, 0.29) is 23.6 Å². The molecule has 0 bridgehead atoms. The molecule has 0 unspecified atom stereocenters. The lowest BCUT2D eigenvalue weighted by molar-refractivity contribution is 0.0882. The second kappa shape index (κ2) is 7.34. The van der Waals surface area contributed by atoms with Crippen LogP contribution < -0.4 is 5.32 Å². The first-order valence-electron chi connectivity index (χ1n) is 8.33. The molecule has 0 spiro atoms. The average Bonchev–Trinajstić information content (AvgIpc) is 3.30. The number of hydrogen-bond acceptors (Lipinski definition) is 5. The van der Waals surface area contributed by atoms with Crippen molar-refractivity contribution in [3.8, 4) is 11.4 Å². The number of rotatable bonds is 6. The minimum Gasteiger partial charge on any atom is -0.459 e. The average molecular weight is 339 g/mol. The summed E-state index contributed by atoms with van der Waals surface area (Å²) in [5, 5.41) is 7.01. The highest BCUT2D eigenvalue weighted by atomic mass is 16.5. The van der Waals surface area contributed by atoms with Crippen LogP contribution in [0.1, 0.15) is 48.3 Å². The van der Waals surface area contributed by atoms with Crippen molar-refractivity contribution in [2.45, 2.75) is 33.2 Å². The fourth-order valence-electron chi connectivity index (χ4n) is 2.57. The standard InChI is InChI=1S/C19H21N3O3/c1-4-13(3)16(20-18(23)15-9-6-10-24-15)19-21-17(22-25-19)14-8-5-7-12(2)11-14/h5-11,13,16H,4H2,1-3H3,(H,20,23)/t13-,16-/m1/s1. The highest BCUT2D eigenvalue weighted by Crippen LogP contribution is 2.26. The van der Waals surface area contributed by atoms with E-state index >= 15 is 0 Å². The van der Waals surface area contributed by atoms with Crippen molar-refractivity contribution in [3.63, 3.8) is 0 Å². The van der Waals surface area contributed by atoms with Crippen LogP contribution >= 0.6 is 0 Å². The number of aromatic nitrogens is 2. The van der Waals surface area contributed by atoms with Gasteiger partial charge in [0, 0.05) is 5.56 Å². The molecule has 25 heavy (non-hydrogen) atoms. The summed E-state index contributed by atoms with van der Waals surface area (Å²) in [6, 6.07) is 10.8. The number of nitrogens with one attached hydrogen (secondary N) is 1. The summed E-state index contributed by atoms with van der Waals surface area (Å²) in [6.07, 6.45) is 2.32. The summed E-state index contributed by atoms with van der Waals surface area (Å²) in [5.74, 6) is 0.993. The second-order valence-electron chi connectivity index (χ2n) is 6.14. The molecule has 2 atom stereocenters. The van der Waals surface area contributed by atoms with Crippen LogP contribution in [0.2, 0.25) is 0 Å². The normalized spacial score (nSPS) is 13.4. The van der Waals surface area contributed by atoms with Gasteiger partial charge in [0.1, 0.15) is 6.04 Å². The van der Waals surface area contributed by atoms with Crippen molar-refractivity contribution in [1.29, 1.82) is 0 Å². The SMILES string of the molecule is CC[C@@H](C)[C@@H](NC(=O)c1ccco1)c1nc(-c2cccc(C)c2)no1. The van der Waals surface area contributed by atoms with Crippen LogP contribution in [0, 0.1) is 12.8 Å². The molecule has 0 aliphatic rings. The van der Waals surface area contributed by atoms with E-state index in [1.165, 1.54) is 6.26 Å². The van der Waals surface area contributed by atoms with E-state index in [0.717, 1.165) is 17.5 Å². The van der Waals surface area contributed by atoms with Gasteiger partial charge in [0.2, 0.25) is 11.7 Å². The van der Waals surface area contributed by atoms with E-state index in [0.29, 0.717) is 11.7 Å². The summed E-state index contributed by atoms with van der Waals surface area (Å²) in [6.45, 7) is 6.09. The third-order valence-corrected chi connectivity index (χ3v) is 4.23. The van der Waals surface area contributed by atoms with Gasteiger partial charge in [-0.2, -0.15) is 4.98 Å². The molecular weight excluding hydrogens is 318 g/mol. The van der Waals surface area contributed by atoms with Gasteiger partial charge in [-0.05, 0) is 31.0 Å². The molecule has 3 rings (SSSR count). The smallest absolute Gasteiger partial charge is 0.287 e. The third kappa shape index (κ3) is 3.79. The summed E-state index contributed by atoms with van der Waals surface area (Å²) in [5.41, 5.74) is 2.00. The largest absolute Gasteiger partial charge is 0.459 e. The van der Waals surface area contributed by atoms with Crippen molar-refractivity contribution in [1.82, 2.24) is 15.5 Å². The Morgan fingerprint density at radius 2 is 2.12 bits per heavy atom. The highest BCUT2D eigenvalue weighted by molar-refractivity contribution is 5.91. The number of amides is 1. The maximum atomic E-state index is 12.3. The van der Waals surface area contributed by atoms with Gasteiger partial charge in [-0.15, -0.1) is 0 Å². The van der Waals surface area contributed by atoms with Crippen LogP contribution in [0.5, 0.6) is 0 Å². The molecule has 2 aromatic heterocycles. The zero-order valence-corrected chi connectivity index (χ0v) is 14.5.